The van der Waals surface area contributed by atoms with Crippen molar-refractivity contribution in [1.82, 2.24) is 4.98 Å². The minimum Gasteiger partial charge on any atom is -0.497 e. The van der Waals surface area contributed by atoms with E-state index < -0.39 is 14.2 Å². The lowest BCUT2D eigenvalue weighted by atomic mass is 9.59. The van der Waals surface area contributed by atoms with Gasteiger partial charge in [0.2, 0.25) is 0 Å². The van der Waals surface area contributed by atoms with Crippen molar-refractivity contribution in [3.8, 4) is 5.75 Å². The topological polar surface area (TPSA) is 74.6 Å². The predicted molar refractivity (Wildman–Crippen MR) is 119 cm³/mol. The highest BCUT2D eigenvalue weighted by molar-refractivity contribution is 7.45. The molecule has 0 radical (unpaired) electrons. The van der Waals surface area contributed by atoms with Crippen molar-refractivity contribution in [2.75, 3.05) is 12.4 Å². The molecule has 5 nitrogen and oxygen atoms in total. The first-order valence-corrected chi connectivity index (χ1v) is 11.8. The third-order valence-corrected chi connectivity index (χ3v) is 7.41. The standard InChI is InChI=1S/C22H25N2O3PS/c1-22(17-6-4-3-5-7-17)12-16(13-22)19-14-29-21(23-19)24-20(28(25)26)15-8-10-18(27-2)11-9-15/h3-11,14,16,20,25-26H,12-13H2,1-2H3,(H,23,24). The van der Waals surface area contributed by atoms with E-state index in [1.54, 1.807) is 7.11 Å². The van der Waals surface area contributed by atoms with E-state index >= 15 is 0 Å². The van der Waals surface area contributed by atoms with Crippen LogP contribution in [0, 0.1) is 0 Å². The molecule has 4 rings (SSSR count). The highest BCUT2D eigenvalue weighted by Gasteiger charge is 2.43. The second-order valence-electron chi connectivity index (χ2n) is 7.75. The monoisotopic (exact) mass is 428 g/mol. The Balaban J connectivity index is 1.43. The third kappa shape index (κ3) is 4.31. The maximum atomic E-state index is 9.92. The van der Waals surface area contributed by atoms with Crippen molar-refractivity contribution in [1.29, 1.82) is 0 Å². The maximum Gasteiger partial charge on any atom is 0.194 e. The molecular formula is C22H25N2O3PS. The lowest BCUT2D eigenvalue weighted by Gasteiger charge is -2.45. The number of nitrogens with one attached hydrogen (secondary N) is 1. The Morgan fingerprint density at radius 1 is 1.14 bits per heavy atom. The van der Waals surface area contributed by atoms with E-state index in [9.17, 15) is 9.79 Å². The summed E-state index contributed by atoms with van der Waals surface area (Å²) < 4.78 is 5.17. The number of nitrogens with zero attached hydrogens (tertiary/aromatic N) is 1. The highest BCUT2D eigenvalue weighted by Crippen LogP contribution is 2.53. The van der Waals surface area contributed by atoms with Crippen LogP contribution in [0.1, 0.15) is 48.3 Å². The van der Waals surface area contributed by atoms with Gasteiger partial charge in [-0.05, 0) is 41.5 Å². The fraction of sp³-hybridized carbons (Fsp3) is 0.318. The summed E-state index contributed by atoms with van der Waals surface area (Å²) in [6.45, 7) is 2.31. The summed E-state index contributed by atoms with van der Waals surface area (Å²) in [5.74, 6) is 0.581. The van der Waals surface area contributed by atoms with Crippen molar-refractivity contribution in [2.24, 2.45) is 0 Å². The first kappa shape index (κ1) is 20.3. The van der Waals surface area contributed by atoms with Crippen LogP contribution in [-0.2, 0) is 5.41 Å². The van der Waals surface area contributed by atoms with Crippen molar-refractivity contribution in [3.63, 3.8) is 0 Å². The zero-order chi connectivity index (χ0) is 20.4. The Labute approximate surface area is 176 Å². The molecule has 1 unspecified atom stereocenters. The maximum absolute atomic E-state index is 9.92. The Morgan fingerprint density at radius 2 is 1.83 bits per heavy atom. The third-order valence-electron chi connectivity index (χ3n) is 5.73. The van der Waals surface area contributed by atoms with Crippen molar-refractivity contribution < 1.29 is 14.5 Å². The molecule has 2 aromatic carbocycles. The van der Waals surface area contributed by atoms with Gasteiger partial charge in [0.05, 0.1) is 12.8 Å². The highest BCUT2D eigenvalue weighted by atomic mass is 32.1. The number of ether oxygens (including phenoxy) is 1. The van der Waals surface area contributed by atoms with Crippen LogP contribution in [0.15, 0.2) is 60.0 Å². The molecule has 29 heavy (non-hydrogen) atoms. The van der Waals surface area contributed by atoms with Crippen LogP contribution in [0.25, 0.3) is 0 Å². The van der Waals surface area contributed by atoms with E-state index in [4.69, 9.17) is 9.72 Å². The average Bonchev–Trinajstić information content (AvgIpc) is 3.18. The largest absolute Gasteiger partial charge is 0.497 e. The fourth-order valence-electron chi connectivity index (χ4n) is 4.03. The van der Waals surface area contributed by atoms with Gasteiger partial charge < -0.3 is 19.8 Å². The SMILES string of the molecule is COc1ccc(C(Nc2nc(C3CC(C)(c4ccccc4)C3)cs2)P(O)O)cc1. The Bertz CT molecular complexity index is 940. The molecule has 0 saturated heterocycles. The first-order chi connectivity index (χ1) is 14.0. The van der Waals surface area contributed by atoms with Crippen LogP contribution in [0.3, 0.4) is 0 Å². The van der Waals surface area contributed by atoms with Crippen molar-refractivity contribution in [2.45, 2.75) is 36.9 Å². The zero-order valence-corrected chi connectivity index (χ0v) is 18.2. The van der Waals surface area contributed by atoms with Crippen LogP contribution < -0.4 is 10.1 Å². The number of hydrogen-bond acceptors (Lipinski definition) is 6. The van der Waals surface area contributed by atoms with Crippen LogP contribution in [0.5, 0.6) is 5.75 Å². The molecule has 7 heteroatoms. The molecule has 0 aliphatic heterocycles. The Morgan fingerprint density at radius 3 is 2.45 bits per heavy atom. The van der Waals surface area contributed by atoms with Gasteiger partial charge in [0, 0.05) is 11.3 Å². The summed E-state index contributed by atoms with van der Waals surface area (Å²) >= 11 is 1.51. The van der Waals surface area contributed by atoms with Gasteiger partial charge in [-0.15, -0.1) is 11.3 Å². The van der Waals surface area contributed by atoms with Crippen LogP contribution >= 0.6 is 19.7 Å². The van der Waals surface area contributed by atoms with Gasteiger partial charge in [-0.2, -0.15) is 0 Å². The van der Waals surface area contributed by atoms with Gasteiger partial charge in [0.25, 0.3) is 0 Å². The van der Waals surface area contributed by atoms with E-state index in [1.165, 1.54) is 16.9 Å². The summed E-state index contributed by atoms with van der Waals surface area (Å²) in [5.41, 5.74) is 3.47. The van der Waals surface area contributed by atoms with Gasteiger partial charge in [0.1, 0.15) is 11.5 Å². The molecule has 1 aromatic heterocycles. The summed E-state index contributed by atoms with van der Waals surface area (Å²) in [6, 6.07) is 18.0. The summed E-state index contributed by atoms with van der Waals surface area (Å²) in [5, 5.41) is 6.00. The Kier molecular flexibility index (Phi) is 5.88. The number of thiazole rings is 1. The quantitative estimate of drug-likeness (QED) is 0.440. The predicted octanol–water partition coefficient (Wildman–Crippen LogP) is 5.39. The first-order valence-electron chi connectivity index (χ1n) is 9.57. The lowest BCUT2D eigenvalue weighted by molar-refractivity contribution is 0.222. The van der Waals surface area contributed by atoms with Gasteiger partial charge >= 0.3 is 0 Å². The minimum atomic E-state index is -2.20. The molecular weight excluding hydrogens is 403 g/mol. The number of anilines is 1. The second kappa shape index (κ2) is 8.41. The normalized spacial score (nSPS) is 22.2. The fourth-order valence-corrected chi connectivity index (χ4v) is 5.62. The number of aromatic nitrogens is 1. The summed E-state index contributed by atoms with van der Waals surface area (Å²) in [4.78, 5) is 24.6. The van der Waals surface area contributed by atoms with E-state index in [2.05, 4.69) is 48.0 Å². The van der Waals surface area contributed by atoms with Crippen molar-refractivity contribution in [3.05, 3.63) is 76.8 Å². The summed E-state index contributed by atoms with van der Waals surface area (Å²) in [6.07, 6.45) is 2.16. The molecule has 1 atom stereocenters. The molecule has 152 valence electrons. The lowest BCUT2D eigenvalue weighted by Crippen LogP contribution is -2.37. The van der Waals surface area contributed by atoms with E-state index in [0.29, 0.717) is 11.0 Å². The second-order valence-corrected chi connectivity index (χ2v) is 9.77. The van der Waals surface area contributed by atoms with Crippen molar-refractivity contribution >= 4 is 24.8 Å². The van der Waals surface area contributed by atoms with Gasteiger partial charge in [0.15, 0.2) is 13.5 Å². The van der Waals surface area contributed by atoms with E-state index in [-0.39, 0.29) is 5.41 Å². The molecule has 0 bridgehead atoms. The molecule has 3 aromatic rings. The van der Waals surface area contributed by atoms with E-state index in [0.717, 1.165) is 29.8 Å². The van der Waals surface area contributed by atoms with Gasteiger partial charge in [-0.25, -0.2) is 4.98 Å². The molecule has 1 aliphatic rings. The molecule has 0 spiro atoms. The number of benzene rings is 2. The zero-order valence-electron chi connectivity index (χ0n) is 16.4. The van der Waals surface area contributed by atoms with Crippen LogP contribution in [0.4, 0.5) is 5.13 Å². The minimum absolute atomic E-state index is 0.208. The number of hydrogen-bond donors (Lipinski definition) is 3. The van der Waals surface area contributed by atoms with Crippen LogP contribution in [0.2, 0.25) is 0 Å². The smallest absolute Gasteiger partial charge is 0.194 e. The molecule has 1 heterocycles. The molecule has 0 amide bonds. The van der Waals surface area contributed by atoms with Gasteiger partial charge in [-0.3, -0.25) is 0 Å². The molecule has 3 N–H and O–H groups in total. The molecule has 1 fully saturated rings. The van der Waals surface area contributed by atoms with E-state index in [1.807, 2.05) is 24.3 Å². The average molecular weight is 428 g/mol. The number of methoxy groups -OCH3 is 1. The molecule has 1 aliphatic carbocycles. The van der Waals surface area contributed by atoms with Crippen LogP contribution in [-0.4, -0.2) is 21.9 Å². The Hall–Kier alpha value is -1.98. The summed E-state index contributed by atoms with van der Waals surface area (Å²) in [7, 11) is -0.597. The van der Waals surface area contributed by atoms with Gasteiger partial charge in [-0.1, -0.05) is 49.4 Å². The molecule has 1 saturated carbocycles. The number of rotatable bonds is 7.